The Balaban J connectivity index is 2.61. The highest BCUT2D eigenvalue weighted by Gasteiger charge is 1.94. The highest BCUT2D eigenvalue weighted by atomic mass is 16.3. The molecule has 1 heterocycles. The van der Waals surface area contributed by atoms with E-state index in [2.05, 4.69) is 13.0 Å². The Morgan fingerprint density at radius 2 is 2.44 bits per heavy atom. The lowest BCUT2D eigenvalue weighted by molar-refractivity contribution is 0.531. The van der Waals surface area contributed by atoms with Gasteiger partial charge in [0, 0.05) is 6.07 Å². The molecule has 0 aromatic carbocycles. The van der Waals surface area contributed by atoms with Crippen LogP contribution in [0, 0.1) is 13.0 Å². The van der Waals surface area contributed by atoms with Gasteiger partial charge in [-0.15, -0.1) is 0 Å². The number of rotatable bonds is 2. The molecule has 0 N–H and O–H groups in total. The predicted octanol–water partition coefficient (Wildman–Crippen LogP) is 2.34. The van der Waals surface area contributed by atoms with Crippen LogP contribution < -0.4 is 0 Å². The van der Waals surface area contributed by atoms with E-state index in [1.54, 1.807) is 6.26 Å². The van der Waals surface area contributed by atoms with Gasteiger partial charge in [-0.25, -0.2) is 0 Å². The van der Waals surface area contributed by atoms with Crippen LogP contribution in [0.4, 0.5) is 0 Å². The van der Waals surface area contributed by atoms with Gasteiger partial charge in [0.05, 0.1) is 6.26 Å². The molecule has 1 rings (SSSR count). The topological polar surface area (TPSA) is 13.1 Å². The summed E-state index contributed by atoms with van der Waals surface area (Å²) in [6, 6.07) is 3.11. The molecule has 0 amide bonds. The molecule has 0 aliphatic heterocycles. The van der Waals surface area contributed by atoms with Gasteiger partial charge in [-0.1, -0.05) is 13.3 Å². The lowest BCUT2D eigenvalue weighted by atomic mass is 10.2. The molecule has 0 aliphatic carbocycles. The maximum atomic E-state index is 5.06. The van der Waals surface area contributed by atoms with Gasteiger partial charge in [0.2, 0.25) is 0 Å². The molecule has 0 atom stereocenters. The Hall–Kier alpha value is -0.720. The van der Waals surface area contributed by atoms with Crippen molar-refractivity contribution in [3.63, 3.8) is 0 Å². The highest BCUT2D eigenvalue weighted by Crippen LogP contribution is 2.06. The maximum Gasteiger partial charge on any atom is 0.108 e. The van der Waals surface area contributed by atoms with Gasteiger partial charge in [-0.05, 0) is 18.9 Å². The minimum absolute atomic E-state index is 0.887. The minimum atomic E-state index is 0.887. The summed E-state index contributed by atoms with van der Waals surface area (Å²) < 4.78 is 5.06. The second-order valence-corrected chi connectivity index (χ2v) is 2.19. The Kier molecular flexibility index (Phi) is 1.93. The molecule has 1 nitrogen and oxygen atoms in total. The Bertz CT molecular complexity index is 176. The van der Waals surface area contributed by atoms with E-state index in [-0.39, 0.29) is 0 Å². The summed E-state index contributed by atoms with van der Waals surface area (Å²) in [6.07, 6.45) is 4.02. The first-order chi connectivity index (χ1) is 4.33. The Morgan fingerprint density at radius 3 is 2.89 bits per heavy atom. The van der Waals surface area contributed by atoms with Crippen LogP contribution >= 0.6 is 0 Å². The molecule has 1 heteroatoms. The molecule has 0 fully saturated rings. The molecule has 0 unspecified atom stereocenters. The molecule has 0 aliphatic rings. The van der Waals surface area contributed by atoms with Crippen LogP contribution in [0.5, 0.6) is 0 Å². The molecule has 0 saturated carbocycles. The van der Waals surface area contributed by atoms with Gasteiger partial charge in [0.15, 0.2) is 0 Å². The molecule has 1 aromatic heterocycles. The average Bonchev–Trinajstić information content (AvgIpc) is 2.17. The van der Waals surface area contributed by atoms with Gasteiger partial charge in [-0.3, -0.25) is 0 Å². The van der Waals surface area contributed by atoms with Crippen LogP contribution in [-0.2, 0) is 6.42 Å². The van der Waals surface area contributed by atoms with Crippen molar-refractivity contribution in [3.8, 4) is 0 Å². The monoisotopic (exact) mass is 123 g/mol. The van der Waals surface area contributed by atoms with Gasteiger partial charge in [0.1, 0.15) is 5.76 Å². The molecule has 1 aromatic rings. The van der Waals surface area contributed by atoms with Crippen molar-refractivity contribution in [1.29, 1.82) is 0 Å². The van der Waals surface area contributed by atoms with Crippen molar-refractivity contribution in [2.45, 2.75) is 26.7 Å². The standard InChI is InChI=1S/C8H11O/c1-3-4-8-5-7(2)9-6-8/h6H,3-4H2,1-2H3. The van der Waals surface area contributed by atoms with Gasteiger partial charge in [0.25, 0.3) is 0 Å². The van der Waals surface area contributed by atoms with Crippen molar-refractivity contribution in [2.24, 2.45) is 0 Å². The zero-order valence-corrected chi connectivity index (χ0v) is 5.90. The number of aryl methyl sites for hydroxylation is 2. The van der Waals surface area contributed by atoms with E-state index in [0.29, 0.717) is 0 Å². The second-order valence-electron chi connectivity index (χ2n) is 2.19. The van der Waals surface area contributed by atoms with E-state index in [1.807, 2.05) is 6.92 Å². The minimum Gasteiger partial charge on any atom is -0.469 e. The third kappa shape index (κ3) is 1.60. The van der Waals surface area contributed by atoms with Crippen molar-refractivity contribution >= 4 is 0 Å². The molecular weight excluding hydrogens is 112 g/mol. The summed E-state index contributed by atoms with van der Waals surface area (Å²) in [5.74, 6) is 0.887. The van der Waals surface area contributed by atoms with Crippen LogP contribution in [-0.4, -0.2) is 0 Å². The van der Waals surface area contributed by atoms with E-state index in [4.69, 9.17) is 4.42 Å². The summed E-state index contributed by atoms with van der Waals surface area (Å²) in [4.78, 5) is 0. The summed E-state index contributed by atoms with van der Waals surface area (Å²) in [7, 11) is 0. The third-order valence-electron chi connectivity index (χ3n) is 1.23. The smallest absolute Gasteiger partial charge is 0.108 e. The quantitative estimate of drug-likeness (QED) is 0.588. The van der Waals surface area contributed by atoms with Crippen LogP contribution in [0.1, 0.15) is 24.7 Å². The van der Waals surface area contributed by atoms with Crippen molar-refractivity contribution in [3.05, 3.63) is 23.7 Å². The molecule has 1 radical (unpaired) electrons. The molecule has 0 spiro atoms. The molecule has 49 valence electrons. The first-order valence-electron chi connectivity index (χ1n) is 3.29. The van der Waals surface area contributed by atoms with E-state index in [1.165, 1.54) is 5.56 Å². The lowest BCUT2D eigenvalue weighted by Gasteiger charge is -1.84. The fraction of sp³-hybridized carbons (Fsp3) is 0.500. The van der Waals surface area contributed by atoms with E-state index in [0.717, 1.165) is 18.6 Å². The lowest BCUT2D eigenvalue weighted by Crippen LogP contribution is -1.75. The van der Waals surface area contributed by atoms with Crippen molar-refractivity contribution < 1.29 is 4.42 Å². The summed E-state index contributed by atoms with van der Waals surface area (Å²) >= 11 is 0. The van der Waals surface area contributed by atoms with Crippen LogP contribution in [0.3, 0.4) is 0 Å². The first kappa shape index (κ1) is 6.40. The van der Waals surface area contributed by atoms with Crippen LogP contribution in [0.15, 0.2) is 10.7 Å². The third-order valence-corrected chi connectivity index (χ3v) is 1.23. The van der Waals surface area contributed by atoms with Crippen LogP contribution in [0.2, 0.25) is 0 Å². The highest BCUT2D eigenvalue weighted by molar-refractivity contribution is 5.08. The number of furan rings is 1. The predicted molar refractivity (Wildman–Crippen MR) is 36.3 cm³/mol. The summed E-state index contributed by atoms with van der Waals surface area (Å²) in [5.41, 5.74) is 1.19. The molecule has 9 heavy (non-hydrogen) atoms. The van der Waals surface area contributed by atoms with Gasteiger partial charge < -0.3 is 4.42 Å². The Labute approximate surface area is 55.7 Å². The summed E-state index contributed by atoms with van der Waals surface area (Å²) in [6.45, 7) is 4.06. The summed E-state index contributed by atoms with van der Waals surface area (Å²) in [5, 5.41) is 0. The number of hydrogen-bond donors (Lipinski definition) is 0. The normalized spacial score (nSPS) is 10.0. The van der Waals surface area contributed by atoms with E-state index >= 15 is 0 Å². The zero-order valence-electron chi connectivity index (χ0n) is 5.90. The number of hydrogen-bond acceptors (Lipinski definition) is 1. The second kappa shape index (κ2) is 2.72. The van der Waals surface area contributed by atoms with E-state index < -0.39 is 0 Å². The first-order valence-corrected chi connectivity index (χ1v) is 3.29. The fourth-order valence-corrected chi connectivity index (χ4v) is 0.835. The van der Waals surface area contributed by atoms with E-state index in [9.17, 15) is 0 Å². The zero-order chi connectivity index (χ0) is 6.69. The molecule has 0 bridgehead atoms. The maximum absolute atomic E-state index is 5.06. The molecule has 0 saturated heterocycles. The molecular formula is C8H11O. The fourth-order valence-electron chi connectivity index (χ4n) is 0.835. The largest absolute Gasteiger partial charge is 0.469 e. The van der Waals surface area contributed by atoms with Gasteiger partial charge in [-0.2, -0.15) is 0 Å². The SMILES string of the molecule is CCCc1[c]c(C)oc1. The van der Waals surface area contributed by atoms with Crippen LogP contribution in [0.25, 0.3) is 0 Å². The van der Waals surface area contributed by atoms with Gasteiger partial charge >= 0.3 is 0 Å². The van der Waals surface area contributed by atoms with Crippen molar-refractivity contribution in [2.75, 3.05) is 0 Å². The Morgan fingerprint density at radius 1 is 1.67 bits per heavy atom. The van der Waals surface area contributed by atoms with Crippen molar-refractivity contribution in [1.82, 2.24) is 0 Å². The average molecular weight is 123 g/mol.